The third-order valence-corrected chi connectivity index (χ3v) is 3.73. The lowest BCUT2D eigenvalue weighted by molar-refractivity contribution is -0.115. The van der Waals surface area contributed by atoms with Crippen LogP contribution in [0.5, 0.6) is 0 Å². The van der Waals surface area contributed by atoms with Gasteiger partial charge < -0.3 is 5.32 Å². The minimum Gasteiger partial charge on any atom is -0.324 e. The summed E-state index contributed by atoms with van der Waals surface area (Å²) >= 11 is 1.52. The van der Waals surface area contributed by atoms with E-state index in [1.165, 1.54) is 11.8 Å². The summed E-state index contributed by atoms with van der Waals surface area (Å²) in [5, 5.41) is 2.75. The number of amides is 1. The normalized spacial score (nSPS) is 18.9. The largest absolute Gasteiger partial charge is 0.324 e. The number of fused-ring (bicyclic) bond motifs is 1. The highest BCUT2D eigenvalue weighted by atomic mass is 32.2. The van der Waals surface area contributed by atoms with E-state index in [-0.39, 0.29) is 16.9 Å². The van der Waals surface area contributed by atoms with Crippen LogP contribution in [0.1, 0.15) is 30.6 Å². The highest BCUT2D eigenvalue weighted by Gasteiger charge is 2.23. The molecule has 1 N–H and O–H groups in total. The fourth-order valence-electron chi connectivity index (χ4n) is 1.59. The molecular weight excluding hydrogens is 222 g/mol. The average Bonchev–Trinajstić information content (AvgIpc) is 2.29. The monoisotopic (exact) mass is 235 g/mol. The molecule has 1 heterocycles. The molecule has 0 radical (unpaired) electrons. The number of Topliss-reactive ketones (excluding diaryl/α,β-unsaturated/α-hetero) is 1. The van der Waals surface area contributed by atoms with Crippen LogP contribution >= 0.6 is 11.8 Å². The van der Waals surface area contributed by atoms with Crippen molar-refractivity contribution in [3.63, 3.8) is 0 Å². The van der Waals surface area contributed by atoms with E-state index in [1.54, 1.807) is 6.07 Å². The molecule has 84 valence electrons. The van der Waals surface area contributed by atoms with Gasteiger partial charge in [0.2, 0.25) is 5.91 Å². The molecule has 3 nitrogen and oxygen atoms in total. The molecule has 1 amide bonds. The minimum atomic E-state index is -0.0692. The fraction of sp³-hybridized carbons (Fsp3) is 0.333. The zero-order chi connectivity index (χ0) is 11.7. The lowest BCUT2D eigenvalue weighted by Gasteiger charge is -2.21. The summed E-state index contributed by atoms with van der Waals surface area (Å²) < 4.78 is 0. The summed E-state index contributed by atoms with van der Waals surface area (Å²) in [7, 11) is 0. The molecule has 0 fully saturated rings. The van der Waals surface area contributed by atoms with E-state index in [9.17, 15) is 9.59 Å². The van der Waals surface area contributed by atoms with Gasteiger partial charge in [-0.25, -0.2) is 0 Å². The minimum absolute atomic E-state index is 0.00130. The fourth-order valence-corrected chi connectivity index (χ4v) is 2.52. The van der Waals surface area contributed by atoms with Crippen LogP contribution in [0.25, 0.3) is 0 Å². The molecule has 1 aliphatic rings. The molecule has 1 unspecified atom stereocenters. The molecule has 1 aromatic rings. The van der Waals surface area contributed by atoms with Crippen LogP contribution < -0.4 is 5.32 Å². The van der Waals surface area contributed by atoms with Gasteiger partial charge in [0, 0.05) is 16.9 Å². The summed E-state index contributed by atoms with van der Waals surface area (Å²) in [6.45, 7) is 3.70. The van der Waals surface area contributed by atoms with Crippen molar-refractivity contribution < 1.29 is 9.59 Å². The van der Waals surface area contributed by atoms with Crippen molar-refractivity contribution in [3.05, 3.63) is 23.8 Å². The van der Waals surface area contributed by atoms with Gasteiger partial charge in [0.05, 0.1) is 10.9 Å². The van der Waals surface area contributed by atoms with E-state index < -0.39 is 0 Å². The van der Waals surface area contributed by atoms with Crippen LogP contribution in [0.3, 0.4) is 0 Å². The Hall–Kier alpha value is -1.29. The SMILES string of the molecule is CCC(=O)c1ccc2c(c1)NC(=O)C(C)S2. The van der Waals surface area contributed by atoms with Crippen molar-refractivity contribution in [2.75, 3.05) is 5.32 Å². The van der Waals surface area contributed by atoms with Crippen LogP contribution in [0.15, 0.2) is 23.1 Å². The predicted octanol–water partition coefficient (Wildman–Crippen LogP) is 2.71. The third kappa shape index (κ3) is 1.97. The Morgan fingerprint density at radius 1 is 1.50 bits per heavy atom. The van der Waals surface area contributed by atoms with E-state index >= 15 is 0 Å². The molecule has 0 saturated heterocycles. The van der Waals surface area contributed by atoms with Crippen LogP contribution in [0, 0.1) is 0 Å². The Bertz CT molecular complexity index is 456. The van der Waals surface area contributed by atoms with E-state index in [0.717, 1.165) is 10.6 Å². The number of carbonyl (C=O) groups is 2. The van der Waals surface area contributed by atoms with Gasteiger partial charge >= 0.3 is 0 Å². The number of benzene rings is 1. The maximum absolute atomic E-state index is 11.5. The van der Waals surface area contributed by atoms with E-state index in [4.69, 9.17) is 0 Å². The van der Waals surface area contributed by atoms with Gasteiger partial charge in [0.15, 0.2) is 5.78 Å². The Morgan fingerprint density at radius 3 is 2.94 bits per heavy atom. The van der Waals surface area contributed by atoms with Crippen molar-refractivity contribution >= 4 is 29.1 Å². The zero-order valence-corrected chi connectivity index (χ0v) is 10.1. The van der Waals surface area contributed by atoms with E-state index in [2.05, 4.69) is 5.32 Å². The maximum Gasteiger partial charge on any atom is 0.237 e. The topological polar surface area (TPSA) is 46.2 Å². The van der Waals surface area contributed by atoms with Gasteiger partial charge in [-0.05, 0) is 19.1 Å². The summed E-state index contributed by atoms with van der Waals surface area (Å²) in [5.74, 6) is 0.0965. The first-order chi connectivity index (χ1) is 7.61. The van der Waals surface area contributed by atoms with Crippen molar-refractivity contribution in [1.29, 1.82) is 0 Å². The first-order valence-corrected chi connectivity index (χ1v) is 6.14. The van der Waals surface area contributed by atoms with Gasteiger partial charge in [-0.15, -0.1) is 11.8 Å². The number of anilines is 1. The van der Waals surface area contributed by atoms with Crippen LogP contribution in [0.2, 0.25) is 0 Å². The summed E-state index contributed by atoms with van der Waals surface area (Å²) in [6.07, 6.45) is 0.482. The summed E-state index contributed by atoms with van der Waals surface area (Å²) in [5.41, 5.74) is 1.42. The lowest BCUT2D eigenvalue weighted by atomic mass is 10.1. The number of ketones is 1. The van der Waals surface area contributed by atoms with E-state index in [0.29, 0.717) is 12.0 Å². The van der Waals surface area contributed by atoms with Crippen molar-refractivity contribution in [1.82, 2.24) is 0 Å². The molecule has 1 aliphatic heterocycles. The Balaban J connectivity index is 2.36. The van der Waals surface area contributed by atoms with Crippen molar-refractivity contribution in [2.24, 2.45) is 0 Å². The lowest BCUT2D eigenvalue weighted by Crippen LogP contribution is -2.26. The number of rotatable bonds is 2. The molecule has 0 bridgehead atoms. The average molecular weight is 235 g/mol. The molecular formula is C12H13NO2S. The summed E-state index contributed by atoms with van der Waals surface area (Å²) in [4.78, 5) is 24.0. The quantitative estimate of drug-likeness (QED) is 0.802. The number of hydrogen-bond acceptors (Lipinski definition) is 3. The number of hydrogen-bond donors (Lipinski definition) is 1. The number of thioether (sulfide) groups is 1. The number of carbonyl (C=O) groups excluding carboxylic acids is 2. The molecule has 0 aliphatic carbocycles. The second-order valence-electron chi connectivity index (χ2n) is 3.74. The Labute approximate surface area is 98.6 Å². The Morgan fingerprint density at radius 2 is 2.25 bits per heavy atom. The first kappa shape index (κ1) is 11.2. The molecule has 0 saturated carbocycles. The second-order valence-corrected chi connectivity index (χ2v) is 5.12. The van der Waals surface area contributed by atoms with Crippen LogP contribution in [-0.2, 0) is 4.79 Å². The van der Waals surface area contributed by atoms with Gasteiger partial charge in [-0.1, -0.05) is 13.0 Å². The summed E-state index contributed by atoms with van der Waals surface area (Å²) in [6, 6.07) is 5.48. The smallest absolute Gasteiger partial charge is 0.237 e. The van der Waals surface area contributed by atoms with Crippen molar-refractivity contribution in [3.8, 4) is 0 Å². The zero-order valence-electron chi connectivity index (χ0n) is 9.24. The van der Waals surface area contributed by atoms with Crippen LogP contribution in [0.4, 0.5) is 5.69 Å². The molecule has 16 heavy (non-hydrogen) atoms. The molecule has 0 aromatic heterocycles. The molecule has 0 spiro atoms. The Kier molecular flexibility index (Phi) is 3.01. The van der Waals surface area contributed by atoms with Crippen LogP contribution in [-0.4, -0.2) is 16.9 Å². The molecule has 2 rings (SSSR count). The standard InChI is InChI=1S/C12H13NO2S/c1-3-10(14)8-4-5-11-9(6-8)13-12(15)7(2)16-11/h4-7H,3H2,1-2H3,(H,13,15). The van der Waals surface area contributed by atoms with Crippen molar-refractivity contribution in [2.45, 2.75) is 30.4 Å². The molecule has 1 aromatic carbocycles. The van der Waals surface area contributed by atoms with Gasteiger partial charge in [0.1, 0.15) is 0 Å². The molecule has 1 atom stereocenters. The molecule has 4 heteroatoms. The number of nitrogens with one attached hydrogen (secondary N) is 1. The first-order valence-electron chi connectivity index (χ1n) is 5.26. The highest BCUT2D eigenvalue weighted by Crippen LogP contribution is 2.35. The predicted molar refractivity (Wildman–Crippen MR) is 65.0 cm³/mol. The maximum atomic E-state index is 11.5. The van der Waals surface area contributed by atoms with E-state index in [1.807, 2.05) is 26.0 Å². The van der Waals surface area contributed by atoms with Gasteiger partial charge in [0.25, 0.3) is 0 Å². The highest BCUT2D eigenvalue weighted by molar-refractivity contribution is 8.00. The third-order valence-electron chi connectivity index (χ3n) is 2.55. The van der Waals surface area contributed by atoms with Gasteiger partial charge in [-0.2, -0.15) is 0 Å². The second kappa shape index (κ2) is 4.29. The van der Waals surface area contributed by atoms with Gasteiger partial charge in [-0.3, -0.25) is 9.59 Å².